The first-order chi connectivity index (χ1) is 15.5. The van der Waals surface area contributed by atoms with Gasteiger partial charge in [0.15, 0.2) is 0 Å². The monoisotopic (exact) mass is 432 g/mol. The van der Waals surface area contributed by atoms with Crippen molar-refractivity contribution in [3.05, 3.63) is 65.7 Å². The summed E-state index contributed by atoms with van der Waals surface area (Å²) < 4.78 is 16.0. The molecular weight excluding hydrogens is 408 g/mol. The average molecular weight is 432 g/mol. The molecule has 1 N–H and O–H groups in total. The van der Waals surface area contributed by atoms with Gasteiger partial charge in [-0.05, 0) is 67.9 Å². The Morgan fingerprint density at radius 1 is 0.906 bits per heavy atom. The molecule has 0 aliphatic carbocycles. The van der Waals surface area contributed by atoms with Gasteiger partial charge in [-0.3, -0.25) is 4.79 Å². The summed E-state index contributed by atoms with van der Waals surface area (Å²) in [6, 6.07) is 16.3. The van der Waals surface area contributed by atoms with Gasteiger partial charge in [0, 0.05) is 17.3 Å². The van der Waals surface area contributed by atoms with E-state index in [-0.39, 0.29) is 5.91 Å². The van der Waals surface area contributed by atoms with E-state index in [1.54, 1.807) is 37.2 Å². The second-order valence-electron chi connectivity index (χ2n) is 7.13. The molecule has 0 radical (unpaired) electrons. The Morgan fingerprint density at radius 3 is 2.12 bits per heavy atom. The summed E-state index contributed by atoms with van der Waals surface area (Å²) in [5.41, 5.74) is 4.18. The van der Waals surface area contributed by atoms with Gasteiger partial charge in [0.25, 0.3) is 5.91 Å². The molecule has 4 rings (SSSR count). The zero-order valence-corrected chi connectivity index (χ0v) is 18.4. The van der Waals surface area contributed by atoms with Crippen LogP contribution in [-0.2, 0) is 0 Å². The summed E-state index contributed by atoms with van der Waals surface area (Å²) in [7, 11) is 3.09. The molecule has 164 valence electrons. The van der Waals surface area contributed by atoms with E-state index in [0.29, 0.717) is 34.9 Å². The summed E-state index contributed by atoms with van der Waals surface area (Å²) in [6.45, 7) is 4.47. The number of ether oxygens (including phenoxy) is 3. The lowest BCUT2D eigenvalue weighted by Crippen LogP contribution is -2.13. The van der Waals surface area contributed by atoms with E-state index in [1.807, 2.05) is 50.2 Å². The van der Waals surface area contributed by atoms with Gasteiger partial charge in [-0.2, -0.15) is 4.80 Å². The lowest BCUT2D eigenvalue weighted by atomic mass is 10.1. The molecule has 8 heteroatoms. The second-order valence-corrected chi connectivity index (χ2v) is 7.13. The fourth-order valence-electron chi connectivity index (χ4n) is 3.29. The number of benzene rings is 3. The van der Waals surface area contributed by atoms with E-state index < -0.39 is 0 Å². The minimum atomic E-state index is -0.274. The van der Waals surface area contributed by atoms with Crippen molar-refractivity contribution >= 4 is 22.6 Å². The van der Waals surface area contributed by atoms with Crippen LogP contribution in [0.3, 0.4) is 0 Å². The number of fused-ring (bicyclic) bond motifs is 1. The maximum atomic E-state index is 12.9. The number of anilines is 1. The van der Waals surface area contributed by atoms with E-state index >= 15 is 0 Å². The molecule has 1 amide bonds. The van der Waals surface area contributed by atoms with Gasteiger partial charge >= 0.3 is 0 Å². The number of carbonyl (C=O) groups is 1. The third-order valence-corrected chi connectivity index (χ3v) is 4.97. The second kappa shape index (κ2) is 8.97. The Balaban J connectivity index is 1.61. The van der Waals surface area contributed by atoms with Crippen LogP contribution in [0.5, 0.6) is 17.2 Å². The number of hydrogen-bond acceptors (Lipinski definition) is 6. The van der Waals surface area contributed by atoms with Crippen molar-refractivity contribution in [3.8, 4) is 22.9 Å². The van der Waals surface area contributed by atoms with Gasteiger partial charge < -0.3 is 19.5 Å². The van der Waals surface area contributed by atoms with Crippen LogP contribution in [0.15, 0.2) is 54.6 Å². The Hall–Kier alpha value is -4.07. The van der Waals surface area contributed by atoms with Crippen molar-refractivity contribution in [2.45, 2.75) is 13.8 Å². The van der Waals surface area contributed by atoms with Crippen LogP contribution in [0.25, 0.3) is 16.7 Å². The number of carbonyl (C=O) groups excluding carboxylic acids is 1. The first-order valence-electron chi connectivity index (χ1n) is 10.2. The van der Waals surface area contributed by atoms with E-state index in [4.69, 9.17) is 14.2 Å². The Bertz CT molecular complexity index is 1240. The van der Waals surface area contributed by atoms with Gasteiger partial charge in [-0.15, -0.1) is 10.2 Å². The fraction of sp³-hybridized carbons (Fsp3) is 0.208. The van der Waals surface area contributed by atoms with Gasteiger partial charge in [0.05, 0.1) is 26.5 Å². The highest BCUT2D eigenvalue weighted by Gasteiger charge is 2.14. The normalized spacial score (nSPS) is 10.8. The molecule has 0 spiro atoms. The maximum Gasteiger partial charge on any atom is 0.255 e. The molecule has 1 heterocycles. The number of hydrogen-bond donors (Lipinski definition) is 1. The predicted molar refractivity (Wildman–Crippen MR) is 122 cm³/mol. The summed E-state index contributed by atoms with van der Waals surface area (Å²) >= 11 is 0. The third kappa shape index (κ3) is 4.34. The minimum absolute atomic E-state index is 0.274. The summed E-state index contributed by atoms with van der Waals surface area (Å²) in [4.78, 5) is 14.4. The van der Waals surface area contributed by atoms with E-state index in [1.165, 1.54) is 0 Å². The largest absolute Gasteiger partial charge is 0.497 e. The highest BCUT2D eigenvalue weighted by molar-refractivity contribution is 6.06. The smallest absolute Gasteiger partial charge is 0.255 e. The van der Waals surface area contributed by atoms with Crippen LogP contribution in [-0.4, -0.2) is 41.7 Å². The molecule has 0 aliphatic rings. The number of nitrogens with one attached hydrogen (secondary N) is 1. The summed E-state index contributed by atoms with van der Waals surface area (Å²) in [5.74, 6) is 1.60. The maximum absolute atomic E-state index is 12.9. The molecule has 0 fully saturated rings. The average Bonchev–Trinajstić information content (AvgIpc) is 3.22. The van der Waals surface area contributed by atoms with Crippen molar-refractivity contribution in [2.24, 2.45) is 0 Å². The van der Waals surface area contributed by atoms with Gasteiger partial charge in [-0.1, -0.05) is 0 Å². The molecule has 0 aliphatic heterocycles. The highest BCUT2D eigenvalue weighted by Crippen LogP contribution is 2.26. The van der Waals surface area contributed by atoms with Gasteiger partial charge in [0.2, 0.25) is 0 Å². The van der Waals surface area contributed by atoms with E-state index in [0.717, 1.165) is 22.5 Å². The minimum Gasteiger partial charge on any atom is -0.497 e. The molecule has 32 heavy (non-hydrogen) atoms. The van der Waals surface area contributed by atoms with Crippen LogP contribution in [0.1, 0.15) is 22.8 Å². The molecule has 0 saturated heterocycles. The van der Waals surface area contributed by atoms with E-state index in [2.05, 4.69) is 15.5 Å². The molecular formula is C24H24N4O4. The van der Waals surface area contributed by atoms with Crippen molar-refractivity contribution < 1.29 is 19.0 Å². The lowest BCUT2D eigenvalue weighted by Gasteiger charge is -2.11. The Kier molecular flexibility index (Phi) is 5.93. The Morgan fingerprint density at radius 2 is 1.53 bits per heavy atom. The number of aromatic nitrogens is 3. The van der Waals surface area contributed by atoms with Crippen LogP contribution in [0, 0.1) is 6.92 Å². The topological polar surface area (TPSA) is 87.5 Å². The van der Waals surface area contributed by atoms with Crippen molar-refractivity contribution in [3.63, 3.8) is 0 Å². The first kappa shape index (κ1) is 21.2. The molecule has 0 unspecified atom stereocenters. The molecule has 0 bridgehead atoms. The molecule has 4 aromatic rings. The quantitative estimate of drug-likeness (QED) is 0.466. The first-order valence-corrected chi connectivity index (χ1v) is 10.2. The lowest BCUT2D eigenvalue weighted by molar-refractivity contribution is 0.102. The van der Waals surface area contributed by atoms with Crippen molar-refractivity contribution in [1.82, 2.24) is 15.0 Å². The zero-order valence-electron chi connectivity index (χ0n) is 18.4. The summed E-state index contributed by atoms with van der Waals surface area (Å²) in [5, 5.41) is 12.1. The van der Waals surface area contributed by atoms with Crippen LogP contribution in [0.4, 0.5) is 5.69 Å². The summed E-state index contributed by atoms with van der Waals surface area (Å²) in [6.07, 6.45) is 0. The fourth-order valence-corrected chi connectivity index (χ4v) is 3.29. The number of methoxy groups -OCH3 is 2. The molecule has 0 saturated carbocycles. The zero-order chi connectivity index (χ0) is 22.7. The van der Waals surface area contributed by atoms with E-state index in [9.17, 15) is 4.79 Å². The van der Waals surface area contributed by atoms with Gasteiger partial charge in [0.1, 0.15) is 28.3 Å². The van der Waals surface area contributed by atoms with Crippen molar-refractivity contribution in [1.29, 1.82) is 0 Å². The number of rotatable bonds is 7. The third-order valence-electron chi connectivity index (χ3n) is 4.97. The standard InChI is InChI=1S/C24H24N4O4/c1-5-32-18-8-6-17(7-9-18)28-26-22-10-15(2)21(14-23(22)27-28)25-24(29)16-11-19(30-3)13-20(12-16)31-4/h6-14H,5H2,1-4H3,(H,25,29). The number of amides is 1. The molecule has 0 atom stereocenters. The predicted octanol–water partition coefficient (Wildman–Crippen LogP) is 4.40. The SMILES string of the molecule is CCOc1ccc(-n2nc3cc(C)c(NC(=O)c4cc(OC)cc(OC)c4)cc3n2)cc1. The molecule has 3 aromatic carbocycles. The highest BCUT2D eigenvalue weighted by atomic mass is 16.5. The number of aryl methyl sites for hydroxylation is 1. The Labute approximate surface area is 185 Å². The number of nitrogens with zero attached hydrogens (tertiary/aromatic N) is 3. The van der Waals surface area contributed by atoms with Crippen LogP contribution in [0.2, 0.25) is 0 Å². The molecule has 1 aromatic heterocycles. The molecule has 8 nitrogen and oxygen atoms in total. The van der Waals surface area contributed by atoms with Gasteiger partial charge in [-0.25, -0.2) is 0 Å². The van der Waals surface area contributed by atoms with Crippen LogP contribution >= 0.6 is 0 Å². The van der Waals surface area contributed by atoms with Crippen molar-refractivity contribution in [2.75, 3.05) is 26.1 Å². The van der Waals surface area contributed by atoms with Crippen LogP contribution < -0.4 is 19.5 Å².